The van der Waals surface area contributed by atoms with Gasteiger partial charge in [0.05, 0.1) is 11.3 Å². The Kier molecular flexibility index (Phi) is 3.89. The fourth-order valence-electron chi connectivity index (χ4n) is 3.94. The predicted octanol–water partition coefficient (Wildman–Crippen LogP) is 4.47. The van der Waals surface area contributed by atoms with E-state index in [2.05, 4.69) is 17.9 Å². The number of anilines is 1. The quantitative estimate of drug-likeness (QED) is 0.762. The highest BCUT2D eigenvalue weighted by Gasteiger charge is 2.35. The van der Waals surface area contributed by atoms with Crippen molar-refractivity contribution in [2.24, 2.45) is 17.8 Å². The van der Waals surface area contributed by atoms with Crippen LogP contribution in [0, 0.1) is 29.1 Å². The van der Waals surface area contributed by atoms with Crippen LogP contribution in [0.2, 0.25) is 5.02 Å². The fraction of sp³-hybridized carbons (Fsp3) is 0.588. The molecule has 1 aromatic rings. The van der Waals surface area contributed by atoms with Crippen molar-refractivity contribution in [1.29, 1.82) is 5.26 Å². The maximum absolute atomic E-state index is 9.33. The Morgan fingerprint density at radius 2 is 1.85 bits per heavy atom. The van der Waals surface area contributed by atoms with E-state index >= 15 is 0 Å². The molecule has 2 aliphatic rings. The van der Waals surface area contributed by atoms with Crippen molar-refractivity contribution in [2.45, 2.75) is 32.6 Å². The lowest BCUT2D eigenvalue weighted by Gasteiger charge is -2.42. The van der Waals surface area contributed by atoms with Crippen LogP contribution in [-0.2, 0) is 0 Å². The molecule has 0 N–H and O–H groups in total. The van der Waals surface area contributed by atoms with E-state index in [9.17, 15) is 5.26 Å². The van der Waals surface area contributed by atoms with Gasteiger partial charge in [0.15, 0.2) is 0 Å². The van der Waals surface area contributed by atoms with E-state index in [1.807, 2.05) is 18.2 Å². The molecule has 0 amide bonds. The van der Waals surface area contributed by atoms with Gasteiger partial charge in [-0.3, -0.25) is 0 Å². The molecule has 2 atom stereocenters. The highest BCUT2D eigenvalue weighted by molar-refractivity contribution is 6.30. The molecule has 3 rings (SSSR count). The number of nitrogens with zero attached hydrogens (tertiary/aromatic N) is 2. The molecule has 2 nitrogen and oxygen atoms in total. The van der Waals surface area contributed by atoms with E-state index in [0.29, 0.717) is 0 Å². The third kappa shape index (κ3) is 2.52. The highest BCUT2D eigenvalue weighted by atomic mass is 35.5. The van der Waals surface area contributed by atoms with Crippen molar-refractivity contribution in [3.8, 4) is 6.07 Å². The van der Waals surface area contributed by atoms with Crippen LogP contribution in [0.5, 0.6) is 0 Å². The number of rotatable bonds is 1. The van der Waals surface area contributed by atoms with Gasteiger partial charge in [0, 0.05) is 18.1 Å². The Hall–Kier alpha value is -1.20. The topological polar surface area (TPSA) is 27.0 Å². The van der Waals surface area contributed by atoms with E-state index in [1.165, 1.54) is 25.7 Å². The number of nitriles is 1. The molecule has 20 heavy (non-hydrogen) atoms. The smallest absolute Gasteiger partial charge is 0.101 e. The molecule has 1 aliphatic heterocycles. The second-order valence-electron chi connectivity index (χ2n) is 6.34. The van der Waals surface area contributed by atoms with Crippen molar-refractivity contribution < 1.29 is 0 Å². The second-order valence-corrected chi connectivity index (χ2v) is 6.78. The Balaban J connectivity index is 1.92. The summed E-state index contributed by atoms with van der Waals surface area (Å²) < 4.78 is 0. The zero-order chi connectivity index (χ0) is 14.1. The molecule has 1 heterocycles. The maximum atomic E-state index is 9.33. The first-order valence-electron chi connectivity index (χ1n) is 7.63. The van der Waals surface area contributed by atoms with E-state index in [1.54, 1.807) is 0 Å². The predicted molar refractivity (Wildman–Crippen MR) is 83.0 cm³/mol. The van der Waals surface area contributed by atoms with Crippen molar-refractivity contribution in [3.05, 3.63) is 28.8 Å². The average Bonchev–Trinajstić information content (AvgIpc) is 2.56. The van der Waals surface area contributed by atoms with E-state index in [4.69, 9.17) is 11.6 Å². The molecule has 2 bridgehead atoms. The molecule has 0 spiro atoms. The molecule has 1 aromatic carbocycles. The first kappa shape index (κ1) is 13.8. The minimum atomic E-state index is 0.723. The molecule has 1 saturated heterocycles. The summed E-state index contributed by atoms with van der Waals surface area (Å²) in [5.41, 5.74) is 1.78. The molecular formula is C17H21ClN2. The molecule has 0 aromatic heterocycles. The molecule has 3 heteroatoms. The molecule has 2 unspecified atom stereocenters. The lowest BCUT2D eigenvalue weighted by atomic mass is 9.78. The van der Waals surface area contributed by atoms with Gasteiger partial charge in [-0.25, -0.2) is 0 Å². The Labute approximate surface area is 126 Å². The minimum absolute atomic E-state index is 0.723. The average molecular weight is 289 g/mol. The minimum Gasteiger partial charge on any atom is -0.370 e. The van der Waals surface area contributed by atoms with Gasteiger partial charge in [-0.2, -0.15) is 5.26 Å². The van der Waals surface area contributed by atoms with Gasteiger partial charge in [-0.05, 0) is 48.8 Å². The number of hydrogen-bond acceptors (Lipinski definition) is 2. The molecular weight excluding hydrogens is 268 g/mol. The van der Waals surface area contributed by atoms with Crippen molar-refractivity contribution in [3.63, 3.8) is 0 Å². The standard InChI is InChI=1S/C17H21ClN2/c1-12-14-4-2-3-5-15(12)11-20(10-14)17-8-16(18)7-6-13(17)9-19/h6-8,12,14-15H,2-5,10-11H2,1H3. The summed E-state index contributed by atoms with van der Waals surface area (Å²) >= 11 is 6.14. The second kappa shape index (κ2) is 5.66. The summed E-state index contributed by atoms with van der Waals surface area (Å²) in [4.78, 5) is 2.41. The molecule has 1 aliphatic carbocycles. The zero-order valence-corrected chi connectivity index (χ0v) is 12.7. The van der Waals surface area contributed by atoms with E-state index < -0.39 is 0 Å². The Morgan fingerprint density at radius 3 is 2.45 bits per heavy atom. The van der Waals surface area contributed by atoms with Crippen molar-refractivity contribution in [1.82, 2.24) is 0 Å². The molecule has 106 valence electrons. The normalized spacial score (nSPS) is 29.6. The molecule has 2 fully saturated rings. The number of benzene rings is 1. The fourth-order valence-corrected chi connectivity index (χ4v) is 4.10. The largest absolute Gasteiger partial charge is 0.370 e. The summed E-state index contributed by atoms with van der Waals surface area (Å²) in [5, 5.41) is 10.1. The number of hydrogen-bond donors (Lipinski definition) is 0. The lowest BCUT2D eigenvalue weighted by molar-refractivity contribution is 0.213. The third-order valence-corrected chi connectivity index (χ3v) is 5.45. The number of piperidine rings is 1. The first-order valence-corrected chi connectivity index (χ1v) is 8.01. The van der Waals surface area contributed by atoms with E-state index in [-0.39, 0.29) is 0 Å². The van der Waals surface area contributed by atoms with Crippen LogP contribution in [0.1, 0.15) is 38.2 Å². The van der Waals surface area contributed by atoms with Gasteiger partial charge < -0.3 is 4.90 Å². The van der Waals surface area contributed by atoms with E-state index in [0.717, 1.165) is 47.1 Å². The number of fused-ring (bicyclic) bond motifs is 2. The van der Waals surface area contributed by atoms with Crippen LogP contribution < -0.4 is 4.90 Å². The first-order chi connectivity index (χ1) is 9.69. The van der Waals surface area contributed by atoms with Gasteiger partial charge in [0.2, 0.25) is 0 Å². The third-order valence-electron chi connectivity index (χ3n) is 5.22. The molecule has 0 radical (unpaired) electrons. The lowest BCUT2D eigenvalue weighted by Crippen LogP contribution is -2.45. The van der Waals surface area contributed by atoms with Crippen molar-refractivity contribution >= 4 is 17.3 Å². The van der Waals surface area contributed by atoms with Gasteiger partial charge in [-0.1, -0.05) is 31.4 Å². The monoisotopic (exact) mass is 288 g/mol. The van der Waals surface area contributed by atoms with Gasteiger partial charge in [-0.15, -0.1) is 0 Å². The van der Waals surface area contributed by atoms with Crippen LogP contribution >= 0.6 is 11.6 Å². The van der Waals surface area contributed by atoms with Crippen LogP contribution in [0.15, 0.2) is 18.2 Å². The van der Waals surface area contributed by atoms with Crippen molar-refractivity contribution in [2.75, 3.05) is 18.0 Å². The summed E-state index contributed by atoms with van der Waals surface area (Å²) in [5.74, 6) is 2.35. The SMILES string of the molecule is CC1C2CCCCC1CN(c1cc(Cl)ccc1C#N)C2. The highest BCUT2D eigenvalue weighted by Crippen LogP contribution is 2.40. The summed E-state index contributed by atoms with van der Waals surface area (Å²) in [7, 11) is 0. The van der Waals surface area contributed by atoms with Gasteiger partial charge in [0.1, 0.15) is 6.07 Å². The summed E-state index contributed by atoms with van der Waals surface area (Å²) in [6.45, 7) is 4.57. The molecule has 1 saturated carbocycles. The van der Waals surface area contributed by atoms with Gasteiger partial charge in [0.25, 0.3) is 0 Å². The summed E-state index contributed by atoms with van der Waals surface area (Å²) in [6, 6.07) is 7.93. The van der Waals surface area contributed by atoms with Crippen LogP contribution in [0.3, 0.4) is 0 Å². The zero-order valence-electron chi connectivity index (χ0n) is 12.0. The Morgan fingerprint density at radius 1 is 1.20 bits per heavy atom. The van der Waals surface area contributed by atoms with Crippen LogP contribution in [0.25, 0.3) is 0 Å². The van der Waals surface area contributed by atoms with Crippen LogP contribution in [0.4, 0.5) is 5.69 Å². The Bertz CT molecular complexity index is 518. The van der Waals surface area contributed by atoms with Gasteiger partial charge >= 0.3 is 0 Å². The number of halogens is 1. The summed E-state index contributed by atoms with van der Waals surface area (Å²) in [6.07, 6.45) is 5.38. The van der Waals surface area contributed by atoms with Crippen LogP contribution in [-0.4, -0.2) is 13.1 Å². The maximum Gasteiger partial charge on any atom is 0.101 e.